The van der Waals surface area contributed by atoms with E-state index in [9.17, 15) is 14.4 Å². The SMILES string of the molecule is COc1cc(NC(=O)C2CC2C)c(C(=O)OC(C)C(=O)N2CCN(c3ncccn3)CC2)cc1OC. The number of esters is 1. The maximum absolute atomic E-state index is 13.1. The lowest BCUT2D eigenvalue weighted by Gasteiger charge is -2.35. The van der Waals surface area contributed by atoms with Gasteiger partial charge in [0.15, 0.2) is 17.6 Å². The quantitative estimate of drug-likeness (QED) is 0.545. The summed E-state index contributed by atoms with van der Waals surface area (Å²) in [4.78, 5) is 50.9. The summed E-state index contributed by atoms with van der Waals surface area (Å²) in [6.07, 6.45) is 3.14. The second kappa shape index (κ2) is 10.8. The predicted molar refractivity (Wildman–Crippen MR) is 131 cm³/mol. The lowest BCUT2D eigenvalue weighted by atomic mass is 10.1. The Hall–Kier alpha value is -3.89. The molecule has 0 radical (unpaired) electrons. The molecule has 11 heteroatoms. The van der Waals surface area contributed by atoms with E-state index in [4.69, 9.17) is 14.2 Å². The first-order chi connectivity index (χ1) is 17.3. The Kier molecular flexibility index (Phi) is 7.56. The summed E-state index contributed by atoms with van der Waals surface area (Å²) in [5, 5.41) is 2.81. The van der Waals surface area contributed by atoms with Crippen LogP contribution in [0, 0.1) is 11.8 Å². The van der Waals surface area contributed by atoms with Crippen molar-refractivity contribution in [2.45, 2.75) is 26.4 Å². The fraction of sp³-hybridized carbons (Fsp3) is 0.480. The average Bonchev–Trinajstić information content (AvgIpc) is 3.65. The molecule has 1 aromatic heterocycles. The number of hydrogen-bond acceptors (Lipinski definition) is 9. The van der Waals surface area contributed by atoms with Crippen LogP contribution in [0.5, 0.6) is 11.5 Å². The molecule has 1 N–H and O–H groups in total. The maximum atomic E-state index is 13.1. The number of hydrogen-bond donors (Lipinski definition) is 1. The zero-order valence-electron chi connectivity index (χ0n) is 20.9. The monoisotopic (exact) mass is 497 g/mol. The Labute approximate surface area is 209 Å². The summed E-state index contributed by atoms with van der Waals surface area (Å²) in [6.45, 7) is 5.59. The Morgan fingerprint density at radius 2 is 1.64 bits per heavy atom. The maximum Gasteiger partial charge on any atom is 0.341 e. The molecule has 2 amide bonds. The van der Waals surface area contributed by atoms with Crippen molar-refractivity contribution in [1.29, 1.82) is 0 Å². The van der Waals surface area contributed by atoms with Gasteiger partial charge in [-0.25, -0.2) is 14.8 Å². The molecule has 3 unspecified atom stereocenters. The van der Waals surface area contributed by atoms with Crippen molar-refractivity contribution in [3.63, 3.8) is 0 Å². The zero-order chi connectivity index (χ0) is 25.8. The van der Waals surface area contributed by atoms with Gasteiger partial charge in [0.1, 0.15) is 0 Å². The number of nitrogens with zero attached hydrogens (tertiary/aromatic N) is 4. The lowest BCUT2D eigenvalue weighted by Crippen LogP contribution is -2.52. The molecule has 3 atom stereocenters. The van der Waals surface area contributed by atoms with E-state index in [0.29, 0.717) is 49.5 Å². The second-order valence-corrected chi connectivity index (χ2v) is 8.97. The molecule has 192 valence electrons. The summed E-state index contributed by atoms with van der Waals surface area (Å²) in [6, 6.07) is 4.72. The first-order valence-corrected chi connectivity index (χ1v) is 11.9. The van der Waals surface area contributed by atoms with Crippen molar-refractivity contribution in [2.24, 2.45) is 11.8 Å². The molecule has 1 saturated carbocycles. The number of anilines is 2. The van der Waals surface area contributed by atoms with Crippen LogP contribution in [0.2, 0.25) is 0 Å². The van der Waals surface area contributed by atoms with Crippen LogP contribution in [0.3, 0.4) is 0 Å². The molecule has 2 fully saturated rings. The van der Waals surface area contributed by atoms with Crippen LogP contribution < -0.4 is 19.7 Å². The summed E-state index contributed by atoms with van der Waals surface area (Å²) in [5.74, 6) is 0.274. The van der Waals surface area contributed by atoms with Gasteiger partial charge in [-0.2, -0.15) is 0 Å². The van der Waals surface area contributed by atoms with Crippen LogP contribution in [0.4, 0.5) is 11.6 Å². The Morgan fingerprint density at radius 1 is 1.03 bits per heavy atom. The van der Waals surface area contributed by atoms with Gasteiger partial charge in [-0.05, 0) is 25.3 Å². The minimum Gasteiger partial charge on any atom is -0.493 e. The highest BCUT2D eigenvalue weighted by molar-refractivity contribution is 6.04. The van der Waals surface area contributed by atoms with Crippen LogP contribution in [-0.2, 0) is 14.3 Å². The van der Waals surface area contributed by atoms with E-state index < -0.39 is 12.1 Å². The van der Waals surface area contributed by atoms with E-state index in [2.05, 4.69) is 15.3 Å². The van der Waals surface area contributed by atoms with Crippen molar-refractivity contribution >= 4 is 29.4 Å². The number of rotatable bonds is 8. The third-order valence-electron chi connectivity index (χ3n) is 6.51. The van der Waals surface area contributed by atoms with Crippen LogP contribution in [0.25, 0.3) is 0 Å². The predicted octanol–water partition coefficient (Wildman–Crippen LogP) is 1.98. The Balaban J connectivity index is 1.43. The van der Waals surface area contributed by atoms with Crippen molar-refractivity contribution in [2.75, 3.05) is 50.6 Å². The first-order valence-electron chi connectivity index (χ1n) is 11.9. The zero-order valence-corrected chi connectivity index (χ0v) is 20.9. The summed E-state index contributed by atoms with van der Waals surface area (Å²) in [7, 11) is 2.91. The van der Waals surface area contributed by atoms with Gasteiger partial charge in [-0.15, -0.1) is 0 Å². The number of nitrogens with one attached hydrogen (secondary N) is 1. The van der Waals surface area contributed by atoms with Gasteiger partial charge in [0, 0.05) is 56.6 Å². The fourth-order valence-corrected chi connectivity index (χ4v) is 4.18. The van der Waals surface area contributed by atoms with E-state index in [0.717, 1.165) is 6.42 Å². The Morgan fingerprint density at radius 3 is 2.22 bits per heavy atom. The number of benzene rings is 1. The molecule has 1 aromatic carbocycles. The summed E-state index contributed by atoms with van der Waals surface area (Å²) >= 11 is 0. The number of methoxy groups -OCH3 is 2. The van der Waals surface area contributed by atoms with Crippen molar-refractivity contribution < 1.29 is 28.6 Å². The minimum atomic E-state index is -1.02. The average molecular weight is 498 g/mol. The van der Waals surface area contributed by atoms with E-state index in [1.165, 1.54) is 33.3 Å². The molecule has 1 aliphatic carbocycles. The molecule has 2 aliphatic rings. The minimum absolute atomic E-state index is 0.0833. The summed E-state index contributed by atoms with van der Waals surface area (Å²) in [5.41, 5.74) is 0.331. The third-order valence-corrected chi connectivity index (χ3v) is 6.51. The van der Waals surface area contributed by atoms with Gasteiger partial charge in [0.2, 0.25) is 11.9 Å². The largest absolute Gasteiger partial charge is 0.493 e. The molecule has 0 spiro atoms. The first kappa shape index (κ1) is 25.2. The molecule has 4 rings (SSSR count). The normalized spacial score (nSPS) is 19.8. The second-order valence-electron chi connectivity index (χ2n) is 8.97. The van der Waals surface area contributed by atoms with Crippen LogP contribution in [0.15, 0.2) is 30.6 Å². The van der Waals surface area contributed by atoms with Crippen LogP contribution >= 0.6 is 0 Å². The number of carbonyl (C=O) groups excluding carboxylic acids is 3. The van der Waals surface area contributed by atoms with Gasteiger partial charge in [0.25, 0.3) is 5.91 Å². The van der Waals surface area contributed by atoms with Gasteiger partial charge < -0.3 is 29.3 Å². The number of amides is 2. The number of carbonyl (C=O) groups is 3. The topological polar surface area (TPSA) is 123 Å². The van der Waals surface area contributed by atoms with Crippen LogP contribution in [0.1, 0.15) is 30.6 Å². The highest BCUT2D eigenvalue weighted by Crippen LogP contribution is 2.40. The molecular weight excluding hydrogens is 466 g/mol. The van der Waals surface area contributed by atoms with E-state index >= 15 is 0 Å². The molecule has 2 aromatic rings. The van der Waals surface area contributed by atoms with E-state index in [-0.39, 0.29) is 29.0 Å². The molecular formula is C25H31N5O6. The molecule has 1 saturated heterocycles. The van der Waals surface area contributed by atoms with Gasteiger partial charge in [0.05, 0.1) is 25.5 Å². The van der Waals surface area contributed by atoms with Gasteiger partial charge in [-0.3, -0.25) is 9.59 Å². The number of ether oxygens (including phenoxy) is 3. The molecule has 0 bridgehead atoms. The van der Waals surface area contributed by atoms with E-state index in [1.807, 2.05) is 11.8 Å². The number of aromatic nitrogens is 2. The number of piperazine rings is 1. The highest BCUT2D eigenvalue weighted by atomic mass is 16.5. The highest BCUT2D eigenvalue weighted by Gasteiger charge is 2.39. The molecule has 36 heavy (non-hydrogen) atoms. The molecule has 11 nitrogen and oxygen atoms in total. The van der Waals surface area contributed by atoms with Crippen molar-refractivity contribution in [3.8, 4) is 11.5 Å². The van der Waals surface area contributed by atoms with Crippen molar-refractivity contribution in [1.82, 2.24) is 14.9 Å². The van der Waals surface area contributed by atoms with Gasteiger partial charge in [-0.1, -0.05) is 6.92 Å². The van der Waals surface area contributed by atoms with Crippen LogP contribution in [-0.4, -0.2) is 79.2 Å². The fourth-order valence-electron chi connectivity index (χ4n) is 4.18. The van der Waals surface area contributed by atoms with E-state index in [1.54, 1.807) is 23.4 Å². The standard InChI is InChI=1S/C25H31N5O6/c1-15-12-17(15)22(31)28-19-14-21(35-4)20(34-3)13-18(19)24(33)36-16(2)23(32)29-8-10-30(11-9-29)25-26-6-5-7-27-25/h5-7,13-17H,8-12H2,1-4H3,(H,28,31). The molecule has 2 heterocycles. The third kappa shape index (κ3) is 5.50. The Bertz CT molecular complexity index is 1120. The van der Waals surface area contributed by atoms with Gasteiger partial charge >= 0.3 is 5.97 Å². The summed E-state index contributed by atoms with van der Waals surface area (Å²) < 4.78 is 16.2. The van der Waals surface area contributed by atoms with Crippen molar-refractivity contribution in [3.05, 3.63) is 36.2 Å². The molecule has 1 aliphatic heterocycles. The smallest absolute Gasteiger partial charge is 0.341 e. The lowest BCUT2D eigenvalue weighted by molar-refractivity contribution is -0.140.